The zero-order valence-corrected chi connectivity index (χ0v) is 16.3. The lowest BCUT2D eigenvalue weighted by Crippen LogP contribution is -2.28. The number of rotatable bonds is 6. The Bertz CT molecular complexity index is 972. The topological polar surface area (TPSA) is 90.3 Å². The summed E-state index contributed by atoms with van der Waals surface area (Å²) in [5, 5.41) is 10.6. The summed E-state index contributed by atoms with van der Waals surface area (Å²) in [6, 6.07) is 18.2. The van der Waals surface area contributed by atoms with Crippen LogP contribution in [0.1, 0.15) is 29.6 Å². The van der Waals surface area contributed by atoms with Gasteiger partial charge in [0.2, 0.25) is 5.95 Å². The summed E-state index contributed by atoms with van der Waals surface area (Å²) in [7, 11) is 3.12. The van der Waals surface area contributed by atoms with E-state index in [0.717, 1.165) is 17.7 Å². The summed E-state index contributed by atoms with van der Waals surface area (Å²) in [5.74, 6) is 1.37. The zero-order valence-electron chi connectivity index (χ0n) is 16.3. The summed E-state index contributed by atoms with van der Waals surface area (Å²) < 4.78 is 12.0. The van der Waals surface area contributed by atoms with Gasteiger partial charge in [-0.15, -0.1) is 5.10 Å². The Morgan fingerprint density at radius 3 is 2.59 bits per heavy atom. The van der Waals surface area contributed by atoms with Crippen LogP contribution in [-0.2, 0) is 9.53 Å². The van der Waals surface area contributed by atoms with E-state index in [-0.39, 0.29) is 30.5 Å². The number of hydrogen-bond donors (Lipinski definition) is 2. The van der Waals surface area contributed by atoms with Crippen molar-refractivity contribution >= 4 is 17.8 Å². The van der Waals surface area contributed by atoms with Crippen molar-refractivity contribution in [2.24, 2.45) is 0 Å². The molecule has 0 bridgehead atoms. The zero-order chi connectivity index (χ0) is 20.2. The Hall–Kier alpha value is -3.39. The number of nitrogens with one attached hydrogen (secondary N) is 2. The molecule has 150 valence electrons. The van der Waals surface area contributed by atoms with Gasteiger partial charge in [0.15, 0.2) is 0 Å². The second-order valence-electron chi connectivity index (χ2n) is 6.82. The number of benzene rings is 2. The number of fused-ring (bicyclic) bond motifs is 1. The predicted octanol–water partition coefficient (Wildman–Crippen LogP) is 3.02. The largest absolute Gasteiger partial charge is 0.497 e. The quantitative estimate of drug-likeness (QED) is 0.669. The fourth-order valence-electron chi connectivity index (χ4n) is 3.53. The first-order chi connectivity index (χ1) is 14.2. The number of carbonyl (C=O) groups is 1. The normalized spacial score (nSPS) is 17.9. The fraction of sp³-hybridized carbons (Fsp3) is 0.286. The van der Waals surface area contributed by atoms with Crippen LogP contribution in [0.15, 0.2) is 54.6 Å². The molecule has 0 spiro atoms. The first kappa shape index (κ1) is 18.9. The van der Waals surface area contributed by atoms with E-state index in [0.29, 0.717) is 5.95 Å². The van der Waals surface area contributed by atoms with E-state index >= 15 is 0 Å². The molecule has 1 aliphatic rings. The molecule has 8 nitrogen and oxygen atoms in total. The molecule has 2 N–H and O–H groups in total. The summed E-state index contributed by atoms with van der Waals surface area (Å²) in [6.45, 7) is -0.0498. The smallest absolute Gasteiger partial charge is 0.252 e. The standard InChI is InChI=1S/C21H23N5O3/c1-28-13-19(27)23-20-24-21-22-17(14-6-4-3-5-7-14)12-18(26(21)25-20)15-8-10-16(29-2)11-9-15/h3-11,17-18H,12-13H2,1-2H3,(H2,22,23,24,25,27)/t17-,18+/m1/s1. The average molecular weight is 393 g/mol. The predicted molar refractivity (Wildman–Crippen MR) is 109 cm³/mol. The molecule has 1 amide bonds. The van der Waals surface area contributed by atoms with Gasteiger partial charge in [-0.2, -0.15) is 4.98 Å². The van der Waals surface area contributed by atoms with Gasteiger partial charge in [-0.3, -0.25) is 10.1 Å². The third-order valence-corrected chi connectivity index (χ3v) is 4.92. The second-order valence-corrected chi connectivity index (χ2v) is 6.82. The van der Waals surface area contributed by atoms with Crippen LogP contribution in [0.4, 0.5) is 11.9 Å². The molecule has 1 aromatic heterocycles. The Morgan fingerprint density at radius 2 is 1.90 bits per heavy atom. The molecule has 2 atom stereocenters. The average Bonchev–Trinajstić information content (AvgIpc) is 3.16. The minimum absolute atomic E-state index is 0.0389. The number of methoxy groups -OCH3 is 2. The molecule has 2 heterocycles. The number of carbonyl (C=O) groups excluding carboxylic acids is 1. The van der Waals surface area contributed by atoms with Crippen LogP contribution in [0, 0.1) is 0 Å². The molecule has 1 aliphatic heterocycles. The Labute approximate surface area is 168 Å². The molecule has 4 rings (SSSR count). The first-order valence-corrected chi connectivity index (χ1v) is 9.38. The monoisotopic (exact) mass is 393 g/mol. The SMILES string of the molecule is COCC(=O)Nc1nc2n(n1)[C@H](c1ccc(OC)cc1)C[C@H](c1ccccc1)N2. The highest BCUT2D eigenvalue weighted by molar-refractivity contribution is 5.90. The van der Waals surface area contributed by atoms with Crippen LogP contribution in [0.3, 0.4) is 0 Å². The lowest BCUT2D eigenvalue weighted by molar-refractivity contribution is -0.119. The molecule has 0 radical (unpaired) electrons. The Balaban J connectivity index is 1.68. The third-order valence-electron chi connectivity index (χ3n) is 4.92. The summed E-state index contributed by atoms with van der Waals surface area (Å²) in [5.41, 5.74) is 2.26. The number of anilines is 2. The van der Waals surface area contributed by atoms with Crippen molar-refractivity contribution in [1.82, 2.24) is 14.8 Å². The summed E-state index contributed by atoms with van der Waals surface area (Å²) in [4.78, 5) is 16.4. The number of nitrogens with zero attached hydrogens (tertiary/aromatic N) is 3. The van der Waals surface area contributed by atoms with Crippen LogP contribution in [0.5, 0.6) is 5.75 Å². The third kappa shape index (κ3) is 4.07. The highest BCUT2D eigenvalue weighted by atomic mass is 16.5. The van der Waals surface area contributed by atoms with Gasteiger partial charge in [-0.05, 0) is 29.7 Å². The lowest BCUT2D eigenvalue weighted by atomic mass is 9.93. The molecular formula is C21H23N5O3. The van der Waals surface area contributed by atoms with Gasteiger partial charge in [0.05, 0.1) is 19.2 Å². The van der Waals surface area contributed by atoms with Gasteiger partial charge in [0.1, 0.15) is 12.4 Å². The van der Waals surface area contributed by atoms with Gasteiger partial charge in [-0.25, -0.2) is 4.68 Å². The molecule has 3 aromatic rings. The van der Waals surface area contributed by atoms with E-state index in [2.05, 4.69) is 32.8 Å². The molecule has 0 unspecified atom stereocenters. The molecule has 0 aliphatic carbocycles. The van der Waals surface area contributed by atoms with E-state index in [4.69, 9.17) is 9.47 Å². The molecule has 0 saturated heterocycles. The molecular weight excluding hydrogens is 370 g/mol. The Kier molecular flexibility index (Phi) is 5.44. The van der Waals surface area contributed by atoms with E-state index in [1.165, 1.54) is 12.7 Å². The van der Waals surface area contributed by atoms with Crippen molar-refractivity contribution in [3.05, 3.63) is 65.7 Å². The lowest BCUT2D eigenvalue weighted by Gasteiger charge is -2.31. The van der Waals surface area contributed by atoms with E-state index in [9.17, 15) is 4.79 Å². The van der Waals surface area contributed by atoms with Gasteiger partial charge < -0.3 is 14.8 Å². The summed E-state index contributed by atoms with van der Waals surface area (Å²) >= 11 is 0. The van der Waals surface area contributed by atoms with E-state index in [1.54, 1.807) is 7.11 Å². The van der Waals surface area contributed by atoms with Crippen molar-refractivity contribution in [3.63, 3.8) is 0 Å². The number of aromatic nitrogens is 3. The fourth-order valence-corrected chi connectivity index (χ4v) is 3.53. The van der Waals surface area contributed by atoms with Gasteiger partial charge >= 0.3 is 0 Å². The summed E-state index contributed by atoms with van der Waals surface area (Å²) in [6.07, 6.45) is 0.790. The van der Waals surface area contributed by atoms with Crippen LogP contribution >= 0.6 is 0 Å². The first-order valence-electron chi connectivity index (χ1n) is 9.38. The van der Waals surface area contributed by atoms with Crippen molar-refractivity contribution < 1.29 is 14.3 Å². The minimum atomic E-state index is -0.295. The molecule has 8 heteroatoms. The van der Waals surface area contributed by atoms with E-state index < -0.39 is 0 Å². The number of ether oxygens (including phenoxy) is 2. The molecule has 29 heavy (non-hydrogen) atoms. The second kappa shape index (κ2) is 8.32. The van der Waals surface area contributed by atoms with Crippen LogP contribution in [-0.4, -0.2) is 41.5 Å². The molecule has 0 saturated carbocycles. The van der Waals surface area contributed by atoms with Gasteiger partial charge in [0, 0.05) is 7.11 Å². The minimum Gasteiger partial charge on any atom is -0.497 e. The number of hydrogen-bond acceptors (Lipinski definition) is 6. The number of amides is 1. The maximum absolute atomic E-state index is 11.9. The highest BCUT2D eigenvalue weighted by Gasteiger charge is 2.31. The maximum Gasteiger partial charge on any atom is 0.252 e. The molecule has 0 fully saturated rings. The highest BCUT2D eigenvalue weighted by Crippen LogP contribution is 2.38. The Morgan fingerprint density at radius 1 is 1.14 bits per heavy atom. The van der Waals surface area contributed by atoms with Gasteiger partial charge in [0.25, 0.3) is 11.9 Å². The van der Waals surface area contributed by atoms with Crippen LogP contribution in [0.25, 0.3) is 0 Å². The van der Waals surface area contributed by atoms with Crippen molar-refractivity contribution in [2.45, 2.75) is 18.5 Å². The van der Waals surface area contributed by atoms with Crippen molar-refractivity contribution in [3.8, 4) is 5.75 Å². The van der Waals surface area contributed by atoms with Crippen molar-refractivity contribution in [1.29, 1.82) is 0 Å². The van der Waals surface area contributed by atoms with Crippen molar-refractivity contribution in [2.75, 3.05) is 31.5 Å². The van der Waals surface area contributed by atoms with Gasteiger partial charge in [-0.1, -0.05) is 42.5 Å². The van der Waals surface area contributed by atoms with Crippen LogP contribution in [0.2, 0.25) is 0 Å². The maximum atomic E-state index is 11.9. The van der Waals surface area contributed by atoms with E-state index in [1.807, 2.05) is 47.1 Å². The van der Waals surface area contributed by atoms with Crippen LogP contribution < -0.4 is 15.4 Å². The molecule has 2 aromatic carbocycles.